The maximum atomic E-state index is 13.2. The quantitative estimate of drug-likeness (QED) is 0.465. The van der Waals surface area contributed by atoms with Crippen LogP contribution in [0.3, 0.4) is 0 Å². The number of nitrogens with one attached hydrogen (secondary N) is 1. The molecule has 0 aliphatic rings. The summed E-state index contributed by atoms with van der Waals surface area (Å²) in [5, 5.41) is 2.69. The largest absolute Gasteiger partial charge is 0.460 e. The lowest BCUT2D eigenvalue weighted by Gasteiger charge is -2.21. The topological polar surface area (TPSA) is 94.8 Å². The van der Waals surface area contributed by atoms with Crippen molar-refractivity contribution in [2.24, 2.45) is 0 Å². The highest BCUT2D eigenvalue weighted by Gasteiger charge is 2.23. The molecular weight excluding hydrogens is 417 g/mol. The highest BCUT2D eigenvalue weighted by Crippen LogP contribution is 2.26. The van der Waals surface area contributed by atoms with Gasteiger partial charge in [-0.3, -0.25) is 4.79 Å². The van der Waals surface area contributed by atoms with Gasteiger partial charge in [-0.2, -0.15) is 0 Å². The lowest BCUT2D eigenvalue weighted by atomic mass is 10.0. The van der Waals surface area contributed by atoms with Crippen molar-refractivity contribution in [3.05, 3.63) is 64.3 Å². The zero-order valence-corrected chi connectivity index (χ0v) is 18.4. The number of hydrogen-bond donors (Lipinski definition) is 1. The molecule has 1 amide bonds. The summed E-state index contributed by atoms with van der Waals surface area (Å²) in [7, 11) is 0. The van der Waals surface area contributed by atoms with Gasteiger partial charge in [0.1, 0.15) is 34.6 Å². The van der Waals surface area contributed by atoms with Crippen LogP contribution in [0.2, 0.25) is 0 Å². The Morgan fingerprint density at radius 3 is 2.38 bits per heavy atom. The van der Waals surface area contributed by atoms with Crippen molar-refractivity contribution in [1.29, 1.82) is 0 Å². The number of alkyl carbamates (subject to hydrolysis) is 1. The molecule has 3 aromatic rings. The van der Waals surface area contributed by atoms with E-state index in [1.54, 1.807) is 27.7 Å². The molecule has 2 aromatic carbocycles. The van der Waals surface area contributed by atoms with E-state index >= 15 is 0 Å². The third-order valence-corrected chi connectivity index (χ3v) is 4.48. The number of benzene rings is 2. The average molecular weight is 441 g/mol. The first-order valence-corrected chi connectivity index (χ1v) is 9.99. The van der Waals surface area contributed by atoms with Gasteiger partial charge in [0.25, 0.3) is 0 Å². The van der Waals surface area contributed by atoms with Crippen LogP contribution in [0.5, 0.6) is 5.75 Å². The Morgan fingerprint density at radius 2 is 1.75 bits per heavy atom. The molecule has 3 rings (SSSR count). The number of carbonyl (C=O) groups is 2. The number of halogens is 1. The number of ether oxygens (including phenoxy) is 2. The maximum absolute atomic E-state index is 13.2. The summed E-state index contributed by atoms with van der Waals surface area (Å²) in [5.74, 6) is -0.620. The standard InChI is InChI=1S/C24H24FNO6/c1-13(26-23(29)32-24(3,4)5)22(28)31-17-10-11-18-19(12-17)30-14(2)20(21(18)27)15-6-8-16(25)9-7-15/h6-13H,1-5H3,(H,26,29)/t13-/m0/s1. The summed E-state index contributed by atoms with van der Waals surface area (Å²) < 4.78 is 29.4. The van der Waals surface area contributed by atoms with Gasteiger partial charge in [0.2, 0.25) is 5.43 Å². The summed E-state index contributed by atoms with van der Waals surface area (Å²) in [5.41, 5.74) is 0.118. The molecule has 7 nitrogen and oxygen atoms in total. The molecule has 0 radical (unpaired) electrons. The van der Waals surface area contributed by atoms with E-state index in [2.05, 4.69) is 5.32 Å². The molecule has 0 bridgehead atoms. The molecule has 0 aliphatic heterocycles. The Hall–Kier alpha value is -3.68. The van der Waals surface area contributed by atoms with Crippen molar-refractivity contribution in [1.82, 2.24) is 5.32 Å². The second kappa shape index (κ2) is 8.82. The van der Waals surface area contributed by atoms with Gasteiger partial charge >= 0.3 is 12.1 Å². The predicted octanol–water partition coefficient (Wildman–Crippen LogP) is 4.73. The monoisotopic (exact) mass is 441 g/mol. The minimum absolute atomic E-state index is 0.150. The average Bonchev–Trinajstić information content (AvgIpc) is 2.67. The number of rotatable bonds is 4. The minimum atomic E-state index is -0.963. The van der Waals surface area contributed by atoms with Crippen LogP contribution in [0.4, 0.5) is 9.18 Å². The fraction of sp³-hybridized carbons (Fsp3) is 0.292. The van der Waals surface area contributed by atoms with Gasteiger partial charge in [-0.15, -0.1) is 0 Å². The van der Waals surface area contributed by atoms with Gasteiger partial charge in [0, 0.05) is 6.07 Å². The Morgan fingerprint density at radius 1 is 1.09 bits per heavy atom. The number of aryl methyl sites for hydroxylation is 1. The van der Waals surface area contributed by atoms with Crippen LogP contribution in [0, 0.1) is 12.7 Å². The fourth-order valence-electron chi connectivity index (χ4n) is 3.05. The zero-order valence-electron chi connectivity index (χ0n) is 18.4. The third kappa shape index (κ3) is 5.32. The van der Waals surface area contributed by atoms with Gasteiger partial charge in [-0.1, -0.05) is 12.1 Å². The second-order valence-electron chi connectivity index (χ2n) is 8.32. The molecule has 1 aromatic heterocycles. The van der Waals surface area contributed by atoms with Crippen LogP contribution in [0.15, 0.2) is 51.7 Å². The molecule has 1 heterocycles. The molecule has 0 saturated heterocycles. The first kappa shape index (κ1) is 23.0. The minimum Gasteiger partial charge on any atom is -0.460 e. The van der Waals surface area contributed by atoms with Crippen molar-refractivity contribution < 1.29 is 27.9 Å². The lowest BCUT2D eigenvalue weighted by Crippen LogP contribution is -2.43. The number of amides is 1. The summed E-state index contributed by atoms with van der Waals surface area (Å²) in [6.07, 6.45) is -0.740. The predicted molar refractivity (Wildman–Crippen MR) is 117 cm³/mol. The molecule has 0 saturated carbocycles. The van der Waals surface area contributed by atoms with Gasteiger partial charge in [-0.25, -0.2) is 14.0 Å². The van der Waals surface area contributed by atoms with Crippen LogP contribution in [0.25, 0.3) is 22.1 Å². The number of carbonyl (C=O) groups excluding carboxylic acids is 2. The lowest BCUT2D eigenvalue weighted by molar-refractivity contribution is -0.136. The van der Waals surface area contributed by atoms with E-state index in [-0.39, 0.29) is 22.1 Å². The first-order chi connectivity index (χ1) is 14.9. The number of esters is 1. The van der Waals surface area contributed by atoms with Crippen molar-refractivity contribution in [2.75, 3.05) is 0 Å². The molecule has 1 atom stereocenters. The molecule has 0 fully saturated rings. The number of fused-ring (bicyclic) bond motifs is 1. The van der Waals surface area contributed by atoms with Crippen LogP contribution in [-0.4, -0.2) is 23.7 Å². The van der Waals surface area contributed by atoms with Crippen LogP contribution in [-0.2, 0) is 9.53 Å². The smallest absolute Gasteiger partial charge is 0.408 e. The van der Waals surface area contributed by atoms with E-state index in [4.69, 9.17) is 13.9 Å². The van der Waals surface area contributed by atoms with Gasteiger partial charge in [0.05, 0.1) is 10.9 Å². The van der Waals surface area contributed by atoms with Crippen molar-refractivity contribution >= 4 is 23.0 Å². The molecule has 0 aliphatic carbocycles. The molecular formula is C24H24FNO6. The van der Waals surface area contributed by atoms with Crippen LogP contribution < -0.4 is 15.5 Å². The Balaban J connectivity index is 1.82. The van der Waals surface area contributed by atoms with E-state index in [1.165, 1.54) is 49.4 Å². The normalized spacial score (nSPS) is 12.3. The van der Waals surface area contributed by atoms with Crippen molar-refractivity contribution in [3.8, 4) is 16.9 Å². The molecule has 1 N–H and O–H groups in total. The molecule has 8 heteroatoms. The fourth-order valence-corrected chi connectivity index (χ4v) is 3.05. The third-order valence-electron chi connectivity index (χ3n) is 4.48. The molecule has 0 spiro atoms. The first-order valence-electron chi connectivity index (χ1n) is 9.99. The Bertz CT molecular complexity index is 1220. The van der Waals surface area contributed by atoms with E-state index in [0.717, 1.165) is 0 Å². The van der Waals surface area contributed by atoms with Gasteiger partial charge < -0.3 is 19.2 Å². The van der Waals surface area contributed by atoms with E-state index in [1.807, 2.05) is 0 Å². The van der Waals surface area contributed by atoms with Crippen molar-refractivity contribution in [3.63, 3.8) is 0 Å². The summed E-state index contributed by atoms with van der Waals surface area (Å²) in [6.45, 7) is 8.23. The van der Waals surface area contributed by atoms with E-state index in [9.17, 15) is 18.8 Å². The molecule has 32 heavy (non-hydrogen) atoms. The van der Waals surface area contributed by atoms with Crippen LogP contribution >= 0.6 is 0 Å². The summed E-state index contributed by atoms with van der Waals surface area (Å²) in [6, 6.07) is 8.97. The van der Waals surface area contributed by atoms with Gasteiger partial charge in [0.15, 0.2) is 0 Å². The van der Waals surface area contributed by atoms with Crippen LogP contribution in [0.1, 0.15) is 33.5 Å². The number of hydrogen-bond acceptors (Lipinski definition) is 6. The highest BCUT2D eigenvalue weighted by molar-refractivity contribution is 5.86. The Kier molecular flexibility index (Phi) is 6.34. The van der Waals surface area contributed by atoms with Gasteiger partial charge in [-0.05, 0) is 64.4 Å². The second-order valence-corrected chi connectivity index (χ2v) is 8.32. The summed E-state index contributed by atoms with van der Waals surface area (Å²) in [4.78, 5) is 37.2. The SMILES string of the molecule is Cc1oc2cc(OC(=O)[C@H](C)NC(=O)OC(C)(C)C)ccc2c(=O)c1-c1ccc(F)cc1. The Labute approximate surface area is 184 Å². The maximum Gasteiger partial charge on any atom is 0.408 e. The highest BCUT2D eigenvalue weighted by atomic mass is 19.1. The summed E-state index contributed by atoms with van der Waals surface area (Å²) >= 11 is 0. The molecule has 0 unspecified atom stereocenters. The zero-order chi connectivity index (χ0) is 23.6. The van der Waals surface area contributed by atoms with E-state index < -0.39 is 29.5 Å². The molecule has 168 valence electrons. The van der Waals surface area contributed by atoms with Crippen molar-refractivity contribution in [2.45, 2.75) is 46.3 Å². The van der Waals surface area contributed by atoms with E-state index in [0.29, 0.717) is 16.9 Å².